The minimum atomic E-state index is 0.773. The van der Waals surface area contributed by atoms with Crippen molar-refractivity contribution in [2.75, 3.05) is 5.73 Å². The lowest BCUT2D eigenvalue weighted by Gasteiger charge is -2.14. The maximum absolute atomic E-state index is 5.81. The molecular weight excluding hydrogens is 362 g/mol. The van der Waals surface area contributed by atoms with E-state index in [0.29, 0.717) is 0 Å². The lowest BCUT2D eigenvalue weighted by molar-refractivity contribution is -0.110. The van der Waals surface area contributed by atoms with E-state index in [2.05, 4.69) is 60.7 Å². The molecule has 3 aromatic rings. The summed E-state index contributed by atoms with van der Waals surface area (Å²) in [6, 6.07) is 20.8. The van der Waals surface area contributed by atoms with Crippen molar-refractivity contribution in [3.63, 3.8) is 0 Å². The molecule has 0 bridgehead atoms. The predicted molar refractivity (Wildman–Crippen MR) is 116 cm³/mol. The number of anilines is 1. The minimum Gasteiger partial charge on any atom is -0.399 e. The summed E-state index contributed by atoms with van der Waals surface area (Å²) in [6.07, 6.45) is 7.96. The van der Waals surface area contributed by atoms with Gasteiger partial charge in [0.1, 0.15) is 0 Å². The van der Waals surface area contributed by atoms with Gasteiger partial charge in [-0.2, -0.15) is 0 Å². The van der Waals surface area contributed by atoms with E-state index >= 15 is 0 Å². The fraction of sp³-hybridized carbons (Fsp3) is 0. The summed E-state index contributed by atoms with van der Waals surface area (Å²) >= 11 is 1.76. The van der Waals surface area contributed by atoms with Gasteiger partial charge in [-0.25, -0.2) is 4.99 Å². The molecule has 0 atom stereocenters. The van der Waals surface area contributed by atoms with Crippen molar-refractivity contribution < 1.29 is 5.41 Å². The van der Waals surface area contributed by atoms with Crippen LogP contribution < -0.4 is 21.7 Å². The summed E-state index contributed by atoms with van der Waals surface area (Å²) in [5.74, 6) is 0. The molecule has 0 unspecified atom stereocenters. The molecule has 3 nitrogen and oxygen atoms in total. The van der Waals surface area contributed by atoms with Crippen LogP contribution in [0.25, 0.3) is 16.7 Å². The van der Waals surface area contributed by atoms with Crippen molar-refractivity contribution in [3.8, 4) is 11.1 Å². The van der Waals surface area contributed by atoms with E-state index in [-0.39, 0.29) is 0 Å². The molecular formula is C24H18N3S+. The van der Waals surface area contributed by atoms with Crippen LogP contribution in [-0.2, 0) is 0 Å². The molecule has 1 heterocycles. The van der Waals surface area contributed by atoms with Gasteiger partial charge in [-0.3, -0.25) is 5.41 Å². The zero-order valence-corrected chi connectivity index (χ0v) is 15.9. The number of rotatable bonds is 1. The second-order valence-electron chi connectivity index (χ2n) is 6.82. The number of nitrogens with two attached hydrogens (primary N) is 2. The van der Waals surface area contributed by atoms with E-state index in [4.69, 9.17) is 16.1 Å². The SMILES string of the molecule is Nc1ccc(-c2ccc3c(c2)Sc2cc(=C4C=CC(=[NH2+])C=C4)ccc2=N3)cc1. The van der Waals surface area contributed by atoms with Crippen LogP contribution >= 0.6 is 11.8 Å². The van der Waals surface area contributed by atoms with E-state index in [9.17, 15) is 0 Å². The van der Waals surface area contributed by atoms with Crippen LogP contribution in [0.2, 0.25) is 0 Å². The Labute approximate surface area is 167 Å². The first-order chi connectivity index (χ1) is 13.7. The average Bonchev–Trinajstić information content (AvgIpc) is 2.72. The van der Waals surface area contributed by atoms with Crippen LogP contribution in [0, 0.1) is 0 Å². The first-order valence-corrected chi connectivity index (χ1v) is 9.87. The van der Waals surface area contributed by atoms with E-state index in [1.807, 2.05) is 24.3 Å². The highest BCUT2D eigenvalue weighted by Crippen LogP contribution is 2.39. The third-order valence-corrected chi connectivity index (χ3v) is 5.96. The second kappa shape index (κ2) is 6.66. The number of fused-ring (bicyclic) bond motifs is 2. The Hall–Kier alpha value is -3.37. The summed E-state index contributed by atoms with van der Waals surface area (Å²) in [5, 5.41) is 7.99. The highest BCUT2D eigenvalue weighted by atomic mass is 32.2. The van der Waals surface area contributed by atoms with Gasteiger partial charge in [-0.05, 0) is 70.5 Å². The highest BCUT2D eigenvalue weighted by molar-refractivity contribution is 7.99. The Bertz CT molecular complexity index is 1280. The molecule has 0 saturated heterocycles. The fourth-order valence-corrected chi connectivity index (χ4v) is 4.38. The third kappa shape index (κ3) is 3.08. The Morgan fingerprint density at radius 2 is 1.50 bits per heavy atom. The van der Waals surface area contributed by atoms with Crippen LogP contribution in [0.1, 0.15) is 0 Å². The van der Waals surface area contributed by atoms with Crippen molar-refractivity contribution in [1.82, 2.24) is 0 Å². The molecule has 1 aliphatic heterocycles. The average molecular weight is 380 g/mol. The van der Waals surface area contributed by atoms with Gasteiger partial charge in [0.15, 0.2) is 5.71 Å². The van der Waals surface area contributed by atoms with Crippen LogP contribution in [0.3, 0.4) is 0 Å². The topological polar surface area (TPSA) is 64.0 Å². The maximum atomic E-state index is 5.81. The molecule has 4 heteroatoms. The van der Waals surface area contributed by atoms with Gasteiger partial charge in [0.05, 0.1) is 11.0 Å². The Balaban J connectivity index is 1.57. The van der Waals surface area contributed by atoms with Gasteiger partial charge >= 0.3 is 0 Å². The van der Waals surface area contributed by atoms with Gasteiger partial charge in [-0.1, -0.05) is 36.0 Å². The molecule has 28 heavy (non-hydrogen) atoms. The number of nitrogens with zero attached hydrogens (tertiary/aromatic N) is 1. The van der Waals surface area contributed by atoms with Crippen LogP contribution in [0.5, 0.6) is 0 Å². The largest absolute Gasteiger partial charge is 0.399 e. The number of benzene rings is 3. The van der Waals surface area contributed by atoms with Gasteiger partial charge in [0, 0.05) is 27.6 Å². The lowest BCUT2D eigenvalue weighted by Crippen LogP contribution is -2.37. The van der Waals surface area contributed by atoms with E-state index in [0.717, 1.165) is 43.4 Å². The third-order valence-electron chi connectivity index (χ3n) is 4.87. The second-order valence-corrected chi connectivity index (χ2v) is 7.91. The molecule has 3 aromatic carbocycles. The standard InChI is InChI=1S/C24H17N3S/c25-19-7-1-15(2-8-19)17-5-11-21-23(13-17)28-24-14-18(6-12-22(24)27-21)16-3-9-20(26)10-4-16/h1-14,25H,26H2/p+1. The Kier molecular flexibility index (Phi) is 3.99. The number of hydrogen-bond donors (Lipinski definition) is 2. The normalized spacial score (nSPS) is 14.4. The predicted octanol–water partition coefficient (Wildman–Crippen LogP) is 2.83. The van der Waals surface area contributed by atoms with E-state index in [1.165, 1.54) is 10.8 Å². The lowest BCUT2D eigenvalue weighted by atomic mass is 10.0. The van der Waals surface area contributed by atoms with Crippen LogP contribution in [-0.4, -0.2) is 5.71 Å². The summed E-state index contributed by atoms with van der Waals surface area (Å²) < 4.78 is 0. The summed E-state index contributed by atoms with van der Waals surface area (Å²) in [4.78, 5) is 7.17. The van der Waals surface area contributed by atoms with E-state index < -0.39 is 0 Å². The van der Waals surface area contributed by atoms with Crippen LogP contribution in [0.15, 0.2) is 99.8 Å². The molecule has 0 aromatic heterocycles. The Morgan fingerprint density at radius 3 is 2.29 bits per heavy atom. The maximum Gasteiger partial charge on any atom is 0.196 e. The van der Waals surface area contributed by atoms with Crippen molar-refractivity contribution in [1.29, 1.82) is 0 Å². The minimum absolute atomic E-state index is 0.773. The zero-order chi connectivity index (χ0) is 19.1. The molecule has 5 rings (SSSR count). The summed E-state index contributed by atoms with van der Waals surface area (Å²) in [7, 11) is 0. The molecule has 4 N–H and O–H groups in total. The van der Waals surface area contributed by atoms with E-state index in [1.54, 1.807) is 11.8 Å². The van der Waals surface area contributed by atoms with Crippen molar-refractivity contribution >= 4 is 34.4 Å². The molecule has 1 aliphatic carbocycles. The fourth-order valence-electron chi connectivity index (χ4n) is 3.33. The first-order valence-electron chi connectivity index (χ1n) is 9.05. The molecule has 0 fully saturated rings. The van der Waals surface area contributed by atoms with Gasteiger partial charge in [0.25, 0.3) is 0 Å². The number of hydrogen-bond acceptors (Lipinski definition) is 3. The molecule has 0 spiro atoms. The smallest absolute Gasteiger partial charge is 0.196 e. The first kappa shape index (κ1) is 16.8. The van der Waals surface area contributed by atoms with Gasteiger partial charge in [-0.15, -0.1) is 0 Å². The highest BCUT2D eigenvalue weighted by Gasteiger charge is 2.13. The van der Waals surface area contributed by atoms with Gasteiger partial charge < -0.3 is 5.73 Å². The van der Waals surface area contributed by atoms with Gasteiger partial charge in [0.2, 0.25) is 0 Å². The van der Waals surface area contributed by atoms with Crippen molar-refractivity contribution in [2.24, 2.45) is 4.99 Å². The summed E-state index contributed by atoms with van der Waals surface area (Å²) in [5.41, 5.74) is 11.8. The zero-order valence-electron chi connectivity index (χ0n) is 15.1. The molecule has 0 amide bonds. The molecule has 0 radical (unpaired) electrons. The number of allylic oxidation sites excluding steroid dienone is 4. The quantitative estimate of drug-likeness (QED) is 0.499. The van der Waals surface area contributed by atoms with Crippen molar-refractivity contribution in [3.05, 3.63) is 95.5 Å². The Morgan fingerprint density at radius 1 is 0.750 bits per heavy atom. The monoisotopic (exact) mass is 380 g/mol. The van der Waals surface area contributed by atoms with Crippen molar-refractivity contribution in [2.45, 2.75) is 9.79 Å². The molecule has 2 aliphatic rings. The summed E-state index contributed by atoms with van der Waals surface area (Å²) in [6.45, 7) is 0. The van der Waals surface area contributed by atoms with Crippen LogP contribution in [0.4, 0.5) is 11.4 Å². The number of nitrogen functional groups attached to an aromatic ring is 1. The molecule has 134 valence electrons. The molecule has 0 saturated carbocycles.